The number of aromatic nitrogens is 4. The molecule has 0 saturated heterocycles. The summed E-state index contributed by atoms with van der Waals surface area (Å²) in [6.45, 7) is 1.70. The van der Waals surface area contributed by atoms with Gasteiger partial charge in [-0.1, -0.05) is 22.8 Å². The van der Waals surface area contributed by atoms with Gasteiger partial charge in [-0.2, -0.15) is 4.98 Å². The maximum Gasteiger partial charge on any atom is 0.268 e. The van der Waals surface area contributed by atoms with E-state index in [2.05, 4.69) is 15.1 Å². The number of thiophene rings is 1. The zero-order valence-corrected chi connectivity index (χ0v) is 18.0. The fraction of sp³-hybridized carbons (Fsp3) is 0.0909. The van der Waals surface area contributed by atoms with Gasteiger partial charge in [0.1, 0.15) is 16.5 Å². The van der Waals surface area contributed by atoms with E-state index in [9.17, 15) is 13.6 Å². The van der Waals surface area contributed by atoms with Gasteiger partial charge in [0.25, 0.3) is 11.4 Å². The van der Waals surface area contributed by atoms with Crippen molar-refractivity contribution in [1.82, 2.24) is 19.7 Å². The van der Waals surface area contributed by atoms with E-state index in [0.717, 1.165) is 17.7 Å². The Kier molecular flexibility index (Phi) is 5.07. The van der Waals surface area contributed by atoms with Crippen LogP contribution in [0.4, 0.5) is 8.78 Å². The van der Waals surface area contributed by atoms with Crippen LogP contribution in [0.3, 0.4) is 0 Å². The average molecular weight is 471 g/mol. The number of nitrogens with zero attached hydrogens (tertiary/aromatic N) is 4. The summed E-state index contributed by atoms with van der Waals surface area (Å²) in [5.74, 6) is -0.736. The Morgan fingerprint density at radius 1 is 1.16 bits per heavy atom. The highest BCUT2D eigenvalue weighted by atomic mass is 35.5. The SMILES string of the molecule is Cc1c(-c2nc(-c3ccc(Cl)cc3)no2)sc2ncn(Cc3ccc(F)cc3F)c(=O)c12. The molecule has 0 aliphatic carbocycles. The summed E-state index contributed by atoms with van der Waals surface area (Å²) in [6, 6.07) is 10.3. The first kappa shape index (κ1) is 20.5. The van der Waals surface area contributed by atoms with Gasteiger partial charge in [-0.25, -0.2) is 13.8 Å². The van der Waals surface area contributed by atoms with Crippen molar-refractivity contribution >= 4 is 33.2 Å². The molecular weight excluding hydrogens is 458 g/mol. The molecule has 0 N–H and O–H groups in total. The lowest BCUT2D eigenvalue weighted by Gasteiger charge is -2.07. The van der Waals surface area contributed by atoms with E-state index in [1.54, 1.807) is 31.2 Å². The number of halogens is 3. The van der Waals surface area contributed by atoms with Gasteiger partial charge >= 0.3 is 0 Å². The number of rotatable bonds is 4. The van der Waals surface area contributed by atoms with Gasteiger partial charge in [-0.05, 0) is 42.8 Å². The molecule has 32 heavy (non-hydrogen) atoms. The van der Waals surface area contributed by atoms with Crippen LogP contribution < -0.4 is 5.56 Å². The Hall–Kier alpha value is -3.43. The van der Waals surface area contributed by atoms with Gasteiger partial charge < -0.3 is 4.52 Å². The molecule has 5 aromatic rings. The lowest BCUT2D eigenvalue weighted by atomic mass is 10.2. The highest BCUT2D eigenvalue weighted by molar-refractivity contribution is 7.22. The van der Waals surface area contributed by atoms with E-state index < -0.39 is 11.6 Å². The van der Waals surface area contributed by atoms with E-state index >= 15 is 0 Å². The number of benzene rings is 2. The number of fused-ring (bicyclic) bond motifs is 1. The topological polar surface area (TPSA) is 73.8 Å². The van der Waals surface area contributed by atoms with E-state index in [1.165, 1.54) is 28.3 Å². The third kappa shape index (κ3) is 3.59. The Balaban J connectivity index is 1.54. The Morgan fingerprint density at radius 2 is 1.94 bits per heavy atom. The molecule has 10 heteroatoms. The van der Waals surface area contributed by atoms with Gasteiger partial charge in [0.2, 0.25) is 5.82 Å². The zero-order valence-electron chi connectivity index (χ0n) is 16.5. The first-order valence-corrected chi connectivity index (χ1v) is 10.6. The van der Waals surface area contributed by atoms with Crippen LogP contribution in [0.1, 0.15) is 11.1 Å². The molecule has 0 atom stereocenters. The molecule has 160 valence electrons. The molecule has 6 nitrogen and oxygen atoms in total. The molecule has 5 rings (SSSR count). The second kappa shape index (κ2) is 7.92. The highest BCUT2D eigenvalue weighted by Gasteiger charge is 2.21. The molecule has 0 saturated carbocycles. The van der Waals surface area contributed by atoms with Crippen LogP contribution in [0, 0.1) is 18.6 Å². The number of aryl methyl sites for hydroxylation is 1. The number of hydrogen-bond acceptors (Lipinski definition) is 6. The van der Waals surface area contributed by atoms with Gasteiger partial charge in [0.05, 0.1) is 23.1 Å². The van der Waals surface area contributed by atoms with Crippen LogP contribution in [-0.4, -0.2) is 19.7 Å². The minimum atomic E-state index is -0.722. The van der Waals surface area contributed by atoms with Crippen LogP contribution in [-0.2, 0) is 6.54 Å². The summed E-state index contributed by atoms with van der Waals surface area (Å²) in [4.78, 5) is 23.0. The van der Waals surface area contributed by atoms with Crippen LogP contribution >= 0.6 is 22.9 Å². The quantitative estimate of drug-likeness (QED) is 0.348. The standard InChI is InChI=1S/C22H13ClF2N4O2S/c1-11-17-21(26-10-29(22(17)30)9-13-4-7-15(24)8-16(13)25)32-18(11)20-27-19(28-31-20)12-2-5-14(23)6-3-12/h2-8,10H,9H2,1H3. The molecule has 2 aromatic carbocycles. The lowest BCUT2D eigenvalue weighted by molar-refractivity contribution is 0.433. The maximum atomic E-state index is 14.0. The average Bonchev–Trinajstić information content (AvgIpc) is 3.37. The van der Waals surface area contributed by atoms with Gasteiger partial charge in [0, 0.05) is 22.2 Å². The molecule has 0 aliphatic rings. The third-order valence-electron chi connectivity index (χ3n) is 5.00. The molecule has 3 heterocycles. The molecule has 0 aliphatic heterocycles. The van der Waals surface area contributed by atoms with Crippen LogP contribution in [0.2, 0.25) is 5.02 Å². The van der Waals surface area contributed by atoms with E-state index in [1.807, 2.05) is 0 Å². The zero-order chi connectivity index (χ0) is 22.4. The van der Waals surface area contributed by atoms with Crippen molar-refractivity contribution in [2.45, 2.75) is 13.5 Å². The Morgan fingerprint density at radius 3 is 2.69 bits per heavy atom. The number of hydrogen-bond donors (Lipinski definition) is 0. The minimum absolute atomic E-state index is 0.0697. The van der Waals surface area contributed by atoms with Crippen molar-refractivity contribution in [3.05, 3.63) is 86.9 Å². The van der Waals surface area contributed by atoms with Crippen molar-refractivity contribution in [3.8, 4) is 22.2 Å². The third-order valence-corrected chi connectivity index (χ3v) is 6.44. The predicted octanol–water partition coefficient (Wildman–Crippen LogP) is 5.46. The molecule has 0 spiro atoms. The molecular formula is C22H13ClF2N4O2S. The fourth-order valence-electron chi connectivity index (χ4n) is 3.34. The van der Waals surface area contributed by atoms with Crippen molar-refractivity contribution in [3.63, 3.8) is 0 Å². The highest BCUT2D eigenvalue weighted by Crippen LogP contribution is 2.35. The van der Waals surface area contributed by atoms with Crippen LogP contribution in [0.5, 0.6) is 0 Å². The van der Waals surface area contributed by atoms with Crippen molar-refractivity contribution < 1.29 is 13.3 Å². The smallest absolute Gasteiger partial charge is 0.268 e. The summed E-state index contributed by atoms with van der Waals surface area (Å²) in [5.41, 5.74) is 1.23. The first-order valence-electron chi connectivity index (χ1n) is 9.43. The summed E-state index contributed by atoms with van der Waals surface area (Å²) in [5, 5.41) is 5.01. The molecule has 0 radical (unpaired) electrons. The molecule has 3 aromatic heterocycles. The lowest BCUT2D eigenvalue weighted by Crippen LogP contribution is -2.21. The summed E-state index contributed by atoms with van der Waals surface area (Å²) >= 11 is 7.18. The monoisotopic (exact) mass is 470 g/mol. The summed E-state index contributed by atoms with van der Waals surface area (Å²) < 4.78 is 33.9. The van der Waals surface area contributed by atoms with Crippen molar-refractivity contribution in [2.75, 3.05) is 0 Å². The van der Waals surface area contributed by atoms with Crippen LogP contribution in [0.25, 0.3) is 32.4 Å². The molecule has 0 fully saturated rings. The first-order chi connectivity index (χ1) is 15.4. The second-order valence-electron chi connectivity index (χ2n) is 7.08. The predicted molar refractivity (Wildman–Crippen MR) is 118 cm³/mol. The van der Waals surface area contributed by atoms with E-state index in [4.69, 9.17) is 16.1 Å². The molecule has 0 bridgehead atoms. The van der Waals surface area contributed by atoms with Gasteiger partial charge in [0.15, 0.2) is 0 Å². The second-order valence-corrected chi connectivity index (χ2v) is 8.52. The Labute approximate surface area is 188 Å². The van der Waals surface area contributed by atoms with Crippen LogP contribution in [0.15, 0.2) is 58.1 Å². The van der Waals surface area contributed by atoms with Crippen molar-refractivity contribution in [1.29, 1.82) is 0 Å². The summed E-state index contributed by atoms with van der Waals surface area (Å²) in [6.07, 6.45) is 1.35. The van der Waals surface area contributed by atoms with Crippen molar-refractivity contribution in [2.24, 2.45) is 0 Å². The largest absolute Gasteiger partial charge is 0.333 e. The maximum absolute atomic E-state index is 14.0. The minimum Gasteiger partial charge on any atom is -0.333 e. The summed E-state index contributed by atoms with van der Waals surface area (Å²) in [7, 11) is 0. The van der Waals surface area contributed by atoms with Gasteiger partial charge in [-0.3, -0.25) is 9.36 Å². The normalized spacial score (nSPS) is 11.4. The Bertz CT molecular complexity index is 1530. The van der Waals surface area contributed by atoms with Gasteiger partial charge in [-0.15, -0.1) is 11.3 Å². The molecule has 0 unspecified atom stereocenters. The fourth-order valence-corrected chi connectivity index (χ4v) is 4.53. The molecule has 0 amide bonds. The van der Waals surface area contributed by atoms with E-state index in [-0.39, 0.29) is 23.6 Å². The van der Waals surface area contributed by atoms with E-state index in [0.29, 0.717) is 31.5 Å².